The molecule has 0 aliphatic rings. The average molecular weight is 287 g/mol. The number of hydrogen-bond donors (Lipinski definition) is 2. The van der Waals surface area contributed by atoms with Crippen LogP contribution < -0.4 is 0 Å². The zero-order chi connectivity index (χ0) is 12.5. The van der Waals surface area contributed by atoms with Crippen LogP contribution >= 0.6 is 0 Å². The monoisotopic (exact) mass is 287 g/mol. The molecule has 0 saturated carbocycles. The molecule has 1 rings (SSSR count). The van der Waals surface area contributed by atoms with E-state index in [0.717, 1.165) is 12.1 Å². The van der Waals surface area contributed by atoms with Crippen LogP contribution in [-0.2, 0) is 10.1 Å². The molecule has 0 saturated heterocycles. The summed E-state index contributed by atoms with van der Waals surface area (Å²) in [5.74, 6) is -1.61. The molecule has 1 aromatic rings. The van der Waals surface area contributed by atoms with Gasteiger partial charge in [0.1, 0.15) is 4.90 Å². The van der Waals surface area contributed by atoms with Gasteiger partial charge in [-0.3, -0.25) is 14.7 Å². The third-order valence-corrected chi connectivity index (χ3v) is 2.58. The van der Waals surface area contributed by atoms with E-state index in [1.54, 1.807) is 0 Å². The molecule has 10 heteroatoms. The Morgan fingerprint density at radius 3 is 2.24 bits per heavy atom. The number of nitro groups is 1. The van der Waals surface area contributed by atoms with Gasteiger partial charge in [0.05, 0.1) is 10.5 Å². The molecule has 88 valence electrons. The van der Waals surface area contributed by atoms with Crippen LogP contribution in [-0.4, -0.2) is 80.4 Å². The van der Waals surface area contributed by atoms with Gasteiger partial charge >= 0.3 is 57.4 Å². The third-order valence-electron chi connectivity index (χ3n) is 1.68. The maximum absolute atomic E-state index is 10.8. The first-order valence-corrected chi connectivity index (χ1v) is 5.16. The van der Waals surface area contributed by atoms with Crippen molar-refractivity contribution in [2.24, 2.45) is 0 Å². The number of nitrogens with zero attached hydrogens (tertiary/aromatic N) is 1. The normalized spacial score (nSPS) is 10.4. The Labute approximate surface area is 138 Å². The van der Waals surface area contributed by atoms with Crippen molar-refractivity contribution in [2.75, 3.05) is 0 Å². The number of carboxylic acid groups (broad SMARTS) is 1. The standard InChI is InChI=1S/C7H5NO7S.K.H/c9-7(10)5-2-1-4(8(11)12)3-6(5)16(13,14)15;;/h1-3H,(H,9,10)(H,13,14,15);;. The van der Waals surface area contributed by atoms with Crippen molar-refractivity contribution in [3.05, 3.63) is 33.9 Å². The van der Waals surface area contributed by atoms with E-state index in [1.807, 2.05) is 0 Å². The summed E-state index contributed by atoms with van der Waals surface area (Å²) in [6.07, 6.45) is 0. The van der Waals surface area contributed by atoms with Gasteiger partial charge in [0.15, 0.2) is 0 Å². The zero-order valence-corrected chi connectivity index (χ0v) is 8.34. The van der Waals surface area contributed by atoms with Gasteiger partial charge < -0.3 is 5.11 Å². The number of benzene rings is 1. The van der Waals surface area contributed by atoms with E-state index >= 15 is 0 Å². The van der Waals surface area contributed by atoms with Gasteiger partial charge in [0.25, 0.3) is 15.8 Å². The topological polar surface area (TPSA) is 135 Å². The molecule has 0 radical (unpaired) electrons. The maximum atomic E-state index is 10.8. The second-order valence-electron chi connectivity index (χ2n) is 2.72. The van der Waals surface area contributed by atoms with E-state index in [0.29, 0.717) is 6.07 Å². The molecule has 0 aromatic heterocycles. The van der Waals surface area contributed by atoms with Crippen LogP contribution in [0.25, 0.3) is 0 Å². The minimum absolute atomic E-state index is 0. The molecule has 0 aliphatic heterocycles. The molecule has 0 fully saturated rings. The van der Waals surface area contributed by atoms with E-state index in [2.05, 4.69) is 0 Å². The van der Waals surface area contributed by atoms with Gasteiger partial charge in [0.2, 0.25) is 0 Å². The Morgan fingerprint density at radius 2 is 1.88 bits per heavy atom. The number of non-ortho nitro benzene ring substituents is 1. The average Bonchev–Trinajstić information content (AvgIpc) is 2.15. The van der Waals surface area contributed by atoms with Gasteiger partial charge in [-0.2, -0.15) is 8.42 Å². The summed E-state index contributed by atoms with van der Waals surface area (Å²) in [4.78, 5) is 19.0. The molecule has 17 heavy (non-hydrogen) atoms. The van der Waals surface area contributed by atoms with Crippen molar-refractivity contribution < 1.29 is 27.8 Å². The Hall–Kier alpha value is -0.364. The summed E-state index contributed by atoms with van der Waals surface area (Å²) in [5.41, 5.74) is -1.36. The zero-order valence-electron chi connectivity index (χ0n) is 7.52. The Balaban J connectivity index is 0.00000256. The van der Waals surface area contributed by atoms with E-state index in [-0.39, 0.29) is 51.4 Å². The molecule has 0 amide bonds. The van der Waals surface area contributed by atoms with E-state index in [1.165, 1.54) is 0 Å². The van der Waals surface area contributed by atoms with Gasteiger partial charge in [-0.25, -0.2) is 4.79 Å². The van der Waals surface area contributed by atoms with Crippen LogP contribution in [0.1, 0.15) is 10.4 Å². The van der Waals surface area contributed by atoms with Crippen LogP contribution in [0.5, 0.6) is 0 Å². The van der Waals surface area contributed by atoms with Crippen molar-refractivity contribution in [3.8, 4) is 0 Å². The van der Waals surface area contributed by atoms with E-state index < -0.39 is 37.2 Å². The number of rotatable bonds is 3. The summed E-state index contributed by atoms with van der Waals surface area (Å²) in [6, 6.07) is 2.06. The molecular formula is C7H6KNO7S. The fourth-order valence-corrected chi connectivity index (χ4v) is 1.72. The van der Waals surface area contributed by atoms with Crippen LogP contribution in [0.3, 0.4) is 0 Å². The molecule has 0 heterocycles. The fraction of sp³-hybridized carbons (Fsp3) is 0. The van der Waals surface area contributed by atoms with Crippen LogP contribution in [0.4, 0.5) is 5.69 Å². The minimum atomic E-state index is -4.82. The quantitative estimate of drug-likeness (QED) is 0.342. The van der Waals surface area contributed by atoms with Crippen LogP contribution in [0.15, 0.2) is 23.1 Å². The molecule has 0 spiro atoms. The van der Waals surface area contributed by atoms with Crippen LogP contribution in [0, 0.1) is 10.1 Å². The molecular weight excluding hydrogens is 281 g/mol. The van der Waals surface area contributed by atoms with Crippen LogP contribution in [0.2, 0.25) is 0 Å². The predicted octanol–water partition coefficient (Wildman–Crippen LogP) is -0.109. The molecule has 2 N–H and O–H groups in total. The number of carboxylic acids is 1. The van der Waals surface area contributed by atoms with Crippen molar-refractivity contribution in [1.29, 1.82) is 0 Å². The van der Waals surface area contributed by atoms with Crippen molar-refractivity contribution >= 4 is 73.2 Å². The first-order chi connectivity index (χ1) is 7.23. The fourth-order valence-electron chi connectivity index (χ4n) is 1.01. The number of carbonyl (C=O) groups is 1. The summed E-state index contributed by atoms with van der Waals surface area (Å²) < 4.78 is 30.3. The first kappa shape index (κ1) is 16.6. The van der Waals surface area contributed by atoms with Crippen molar-refractivity contribution in [1.82, 2.24) is 0 Å². The van der Waals surface area contributed by atoms with Gasteiger partial charge in [-0.05, 0) is 6.07 Å². The summed E-state index contributed by atoms with van der Waals surface area (Å²) in [5, 5.41) is 19.0. The second kappa shape index (κ2) is 6.00. The summed E-state index contributed by atoms with van der Waals surface area (Å²) in [6.45, 7) is 0. The summed E-state index contributed by atoms with van der Waals surface area (Å²) >= 11 is 0. The third kappa shape index (κ3) is 4.10. The van der Waals surface area contributed by atoms with E-state index in [4.69, 9.17) is 9.66 Å². The van der Waals surface area contributed by atoms with Gasteiger partial charge in [-0.15, -0.1) is 0 Å². The molecule has 0 bridgehead atoms. The van der Waals surface area contributed by atoms with Gasteiger partial charge in [-0.1, -0.05) is 0 Å². The molecule has 8 nitrogen and oxygen atoms in total. The number of hydrogen-bond acceptors (Lipinski definition) is 5. The van der Waals surface area contributed by atoms with Crippen molar-refractivity contribution in [3.63, 3.8) is 0 Å². The Morgan fingerprint density at radius 1 is 1.35 bits per heavy atom. The van der Waals surface area contributed by atoms with Crippen molar-refractivity contribution in [2.45, 2.75) is 4.90 Å². The van der Waals surface area contributed by atoms with E-state index in [9.17, 15) is 23.3 Å². The number of aromatic carboxylic acids is 1. The summed E-state index contributed by atoms with van der Waals surface area (Å²) in [7, 11) is -4.82. The van der Waals surface area contributed by atoms with Gasteiger partial charge in [0, 0.05) is 12.1 Å². The predicted molar refractivity (Wildman–Crippen MR) is 57.0 cm³/mol. The molecule has 1 aromatic carbocycles. The SMILES string of the molecule is O=C(O)c1ccc([N+](=O)[O-])cc1S(=O)(=O)O.[KH]. The molecule has 0 unspecified atom stereocenters. The Bertz CT molecular complexity index is 568. The Kier molecular flexibility index (Phi) is 5.87. The number of nitro benzene ring substituents is 1. The molecule has 0 atom stereocenters. The molecule has 0 aliphatic carbocycles. The second-order valence-corrected chi connectivity index (χ2v) is 4.11. The first-order valence-electron chi connectivity index (χ1n) is 3.72.